The summed E-state index contributed by atoms with van der Waals surface area (Å²) in [5.41, 5.74) is -0.362. The molecule has 1 N–H and O–H groups in total. The zero-order valence-electron chi connectivity index (χ0n) is 13.4. The van der Waals surface area contributed by atoms with Crippen LogP contribution >= 0.6 is 0 Å². The molecule has 0 unspecified atom stereocenters. The van der Waals surface area contributed by atoms with E-state index in [4.69, 9.17) is 14.6 Å². The van der Waals surface area contributed by atoms with Crippen LogP contribution in [0.4, 0.5) is 11.5 Å². The number of aromatic nitrogens is 2. The number of anilines is 1. The van der Waals surface area contributed by atoms with E-state index in [1.165, 1.54) is 13.4 Å². The van der Waals surface area contributed by atoms with Crippen LogP contribution < -0.4 is 14.4 Å². The van der Waals surface area contributed by atoms with Crippen molar-refractivity contribution in [2.75, 3.05) is 31.7 Å². The number of benzene rings is 1. The van der Waals surface area contributed by atoms with Crippen molar-refractivity contribution in [3.8, 4) is 17.4 Å². The summed E-state index contributed by atoms with van der Waals surface area (Å²) < 4.78 is 10.8. The van der Waals surface area contributed by atoms with Gasteiger partial charge >= 0.3 is 11.6 Å². The van der Waals surface area contributed by atoms with Crippen molar-refractivity contribution in [2.24, 2.45) is 0 Å². The molecule has 0 atom stereocenters. The van der Waals surface area contributed by atoms with Gasteiger partial charge < -0.3 is 19.5 Å². The zero-order valence-corrected chi connectivity index (χ0v) is 13.4. The van der Waals surface area contributed by atoms with Gasteiger partial charge in [0.25, 0.3) is 0 Å². The van der Waals surface area contributed by atoms with Crippen LogP contribution in [0.1, 0.15) is 6.92 Å². The van der Waals surface area contributed by atoms with Gasteiger partial charge in [-0.05, 0) is 19.1 Å². The van der Waals surface area contributed by atoms with E-state index in [9.17, 15) is 10.1 Å². The summed E-state index contributed by atoms with van der Waals surface area (Å²) in [5, 5.41) is 20.7. The minimum atomic E-state index is -0.597. The van der Waals surface area contributed by atoms with Crippen LogP contribution in [0.15, 0.2) is 30.6 Å². The first kappa shape index (κ1) is 17.4. The summed E-state index contributed by atoms with van der Waals surface area (Å²) in [5.74, 6) is 0.634. The number of ether oxygens (including phenoxy) is 2. The van der Waals surface area contributed by atoms with Crippen molar-refractivity contribution in [1.29, 1.82) is 0 Å². The topological polar surface area (TPSA) is 111 Å². The van der Waals surface area contributed by atoms with E-state index in [0.717, 1.165) is 0 Å². The van der Waals surface area contributed by atoms with E-state index < -0.39 is 4.92 Å². The standard InChI is InChI=1S/C15H18N4O5/c1-3-18(8-9-20)14-13(19(21)22)15(17-10-16-14)24-12-7-5-4-6-11(12)23-2/h4-7,10,20H,3,8-9H2,1-2H3. The van der Waals surface area contributed by atoms with Gasteiger partial charge in [0.2, 0.25) is 5.82 Å². The Morgan fingerprint density at radius 3 is 2.58 bits per heavy atom. The van der Waals surface area contributed by atoms with Gasteiger partial charge in [0, 0.05) is 13.1 Å². The Morgan fingerprint density at radius 1 is 1.29 bits per heavy atom. The predicted molar refractivity (Wildman–Crippen MR) is 86.7 cm³/mol. The van der Waals surface area contributed by atoms with Crippen molar-refractivity contribution in [1.82, 2.24) is 9.97 Å². The molecule has 9 heteroatoms. The Labute approximate surface area is 138 Å². The molecular weight excluding hydrogens is 316 g/mol. The number of para-hydroxylation sites is 2. The van der Waals surface area contributed by atoms with Crippen molar-refractivity contribution in [3.63, 3.8) is 0 Å². The third kappa shape index (κ3) is 3.69. The van der Waals surface area contributed by atoms with Crippen LogP contribution in [0, 0.1) is 10.1 Å². The molecule has 0 aliphatic heterocycles. The second-order valence-electron chi connectivity index (χ2n) is 4.66. The molecule has 0 spiro atoms. The molecule has 0 fully saturated rings. The van der Waals surface area contributed by atoms with Crippen molar-refractivity contribution in [2.45, 2.75) is 6.92 Å². The van der Waals surface area contributed by atoms with Gasteiger partial charge in [-0.25, -0.2) is 4.98 Å². The summed E-state index contributed by atoms with van der Waals surface area (Å²) in [6.07, 6.45) is 1.19. The lowest BCUT2D eigenvalue weighted by molar-refractivity contribution is -0.385. The zero-order chi connectivity index (χ0) is 17.5. The van der Waals surface area contributed by atoms with Gasteiger partial charge in [-0.1, -0.05) is 12.1 Å². The second-order valence-corrected chi connectivity index (χ2v) is 4.66. The maximum atomic E-state index is 11.5. The lowest BCUT2D eigenvalue weighted by Crippen LogP contribution is -2.28. The fourth-order valence-corrected chi connectivity index (χ4v) is 2.16. The Hall–Kier alpha value is -2.94. The quantitative estimate of drug-likeness (QED) is 0.576. The lowest BCUT2D eigenvalue weighted by Gasteiger charge is -2.20. The van der Waals surface area contributed by atoms with Crippen LogP contribution in [0.3, 0.4) is 0 Å². The van der Waals surface area contributed by atoms with Crippen LogP contribution in [0.5, 0.6) is 17.4 Å². The molecule has 0 saturated heterocycles. The molecule has 1 aromatic heterocycles. The Morgan fingerprint density at radius 2 is 2.00 bits per heavy atom. The van der Waals surface area contributed by atoms with E-state index in [1.807, 2.05) is 6.92 Å². The number of hydrogen-bond donors (Lipinski definition) is 1. The van der Waals surface area contributed by atoms with Gasteiger partial charge in [0.15, 0.2) is 11.5 Å². The first-order valence-corrected chi connectivity index (χ1v) is 7.28. The molecule has 0 saturated carbocycles. The van der Waals surface area contributed by atoms with Gasteiger partial charge in [0.1, 0.15) is 6.33 Å². The smallest absolute Gasteiger partial charge is 0.373 e. The predicted octanol–water partition coefficient (Wildman–Crippen LogP) is 2.00. The van der Waals surface area contributed by atoms with Crippen LogP contribution in [0.2, 0.25) is 0 Å². The number of nitrogens with zero attached hydrogens (tertiary/aromatic N) is 4. The normalized spacial score (nSPS) is 10.3. The van der Waals surface area contributed by atoms with Crippen LogP contribution in [0.25, 0.3) is 0 Å². The summed E-state index contributed by atoms with van der Waals surface area (Å²) in [6.45, 7) is 2.30. The number of rotatable bonds is 8. The number of methoxy groups -OCH3 is 1. The highest BCUT2D eigenvalue weighted by Gasteiger charge is 2.28. The Kier molecular flexibility index (Phi) is 5.85. The van der Waals surface area contributed by atoms with E-state index in [1.54, 1.807) is 29.2 Å². The molecule has 9 nitrogen and oxygen atoms in total. The van der Waals surface area contributed by atoms with Crippen molar-refractivity contribution < 1.29 is 19.5 Å². The number of nitro groups is 1. The van der Waals surface area contributed by atoms with Gasteiger partial charge in [0.05, 0.1) is 18.6 Å². The minimum absolute atomic E-state index is 0.0939. The molecule has 0 bridgehead atoms. The fourth-order valence-electron chi connectivity index (χ4n) is 2.16. The van der Waals surface area contributed by atoms with E-state index in [-0.39, 0.29) is 30.5 Å². The summed E-state index contributed by atoms with van der Waals surface area (Å²) >= 11 is 0. The monoisotopic (exact) mass is 334 g/mol. The summed E-state index contributed by atoms with van der Waals surface area (Å²) in [4.78, 5) is 20.4. The maximum Gasteiger partial charge on any atom is 0.373 e. The number of likely N-dealkylation sites (N-methyl/N-ethyl adjacent to an activating group) is 1. The molecule has 2 rings (SSSR count). The summed E-state index contributed by atoms with van der Waals surface area (Å²) in [7, 11) is 1.47. The largest absolute Gasteiger partial charge is 0.493 e. The number of aliphatic hydroxyl groups is 1. The van der Waals surface area contributed by atoms with E-state index in [0.29, 0.717) is 18.0 Å². The number of aliphatic hydroxyl groups excluding tert-OH is 1. The van der Waals surface area contributed by atoms with Gasteiger partial charge in [-0.3, -0.25) is 10.1 Å². The first-order valence-electron chi connectivity index (χ1n) is 7.28. The maximum absolute atomic E-state index is 11.5. The molecule has 1 aromatic carbocycles. The average molecular weight is 334 g/mol. The molecule has 0 radical (unpaired) electrons. The second kappa shape index (κ2) is 8.06. The molecule has 0 aliphatic carbocycles. The van der Waals surface area contributed by atoms with Crippen LogP contribution in [-0.2, 0) is 0 Å². The molecule has 128 valence electrons. The highest BCUT2D eigenvalue weighted by Crippen LogP contribution is 2.38. The highest BCUT2D eigenvalue weighted by molar-refractivity contribution is 5.63. The van der Waals surface area contributed by atoms with Gasteiger partial charge in [-0.2, -0.15) is 4.98 Å². The third-order valence-corrected chi connectivity index (χ3v) is 3.28. The minimum Gasteiger partial charge on any atom is -0.493 e. The molecular formula is C15H18N4O5. The van der Waals surface area contributed by atoms with Crippen molar-refractivity contribution >= 4 is 11.5 Å². The highest BCUT2D eigenvalue weighted by atomic mass is 16.6. The number of hydrogen-bond acceptors (Lipinski definition) is 8. The van der Waals surface area contributed by atoms with Gasteiger partial charge in [-0.15, -0.1) is 0 Å². The van der Waals surface area contributed by atoms with E-state index >= 15 is 0 Å². The van der Waals surface area contributed by atoms with Crippen LogP contribution in [-0.4, -0.2) is 46.8 Å². The molecule has 24 heavy (non-hydrogen) atoms. The fraction of sp³-hybridized carbons (Fsp3) is 0.333. The third-order valence-electron chi connectivity index (χ3n) is 3.28. The first-order chi connectivity index (χ1) is 11.6. The Bertz CT molecular complexity index is 710. The Balaban J connectivity index is 2.48. The molecule has 1 heterocycles. The molecule has 0 amide bonds. The van der Waals surface area contributed by atoms with E-state index in [2.05, 4.69) is 9.97 Å². The molecule has 0 aliphatic rings. The van der Waals surface area contributed by atoms with Crippen molar-refractivity contribution in [3.05, 3.63) is 40.7 Å². The summed E-state index contributed by atoms with van der Waals surface area (Å²) in [6, 6.07) is 6.77. The SMILES string of the molecule is CCN(CCO)c1ncnc(Oc2ccccc2OC)c1[N+](=O)[O-]. The molecule has 2 aromatic rings. The lowest BCUT2D eigenvalue weighted by atomic mass is 10.3. The average Bonchev–Trinajstić information content (AvgIpc) is 2.59.